The average molecular weight is 285 g/mol. The van der Waals surface area contributed by atoms with E-state index < -0.39 is 0 Å². The Balaban J connectivity index is 2.47. The summed E-state index contributed by atoms with van der Waals surface area (Å²) in [6.07, 6.45) is 0. The summed E-state index contributed by atoms with van der Waals surface area (Å²) in [4.78, 5) is 11.8. The molecule has 2 atom stereocenters. The van der Waals surface area contributed by atoms with Crippen LogP contribution in [0, 0.1) is 0 Å². The lowest BCUT2D eigenvalue weighted by molar-refractivity contribution is -0.123. The van der Waals surface area contributed by atoms with Crippen LogP contribution < -0.4 is 10.6 Å². The average Bonchev–Trinajstić information content (AvgIpc) is 2.38. The van der Waals surface area contributed by atoms with E-state index in [-0.39, 0.29) is 18.0 Å². The van der Waals surface area contributed by atoms with Crippen LogP contribution >= 0.6 is 11.6 Å². The molecule has 1 aromatic carbocycles. The largest absolute Gasteiger partial charge is 0.383 e. The van der Waals surface area contributed by atoms with Gasteiger partial charge in [-0.3, -0.25) is 10.1 Å². The second-order valence-electron chi connectivity index (χ2n) is 4.45. The van der Waals surface area contributed by atoms with E-state index in [1.54, 1.807) is 7.11 Å². The van der Waals surface area contributed by atoms with Gasteiger partial charge in [-0.25, -0.2) is 0 Å². The number of carbonyl (C=O) groups excluding carboxylic acids is 1. The summed E-state index contributed by atoms with van der Waals surface area (Å²) >= 11 is 5.95. The number of methoxy groups -OCH3 is 1. The minimum atomic E-state index is -0.272. The molecule has 0 radical (unpaired) electrons. The fraction of sp³-hybridized carbons (Fsp3) is 0.500. The van der Waals surface area contributed by atoms with Gasteiger partial charge in [0.05, 0.1) is 12.6 Å². The third-order valence-corrected chi connectivity index (χ3v) is 3.08. The van der Waals surface area contributed by atoms with Crippen LogP contribution in [0.15, 0.2) is 24.3 Å². The van der Waals surface area contributed by atoms with Crippen LogP contribution in [-0.2, 0) is 9.53 Å². The number of hydrogen-bond acceptors (Lipinski definition) is 3. The number of rotatable bonds is 7. The van der Waals surface area contributed by atoms with Gasteiger partial charge >= 0.3 is 0 Å². The van der Waals surface area contributed by atoms with Gasteiger partial charge in [0.2, 0.25) is 5.91 Å². The van der Waals surface area contributed by atoms with Gasteiger partial charge in [-0.05, 0) is 31.5 Å². The van der Waals surface area contributed by atoms with Gasteiger partial charge in [-0.1, -0.05) is 23.7 Å². The van der Waals surface area contributed by atoms with E-state index in [0.29, 0.717) is 18.2 Å². The summed E-state index contributed by atoms with van der Waals surface area (Å²) in [6.45, 7) is 4.88. The van der Waals surface area contributed by atoms with E-state index in [4.69, 9.17) is 16.3 Å². The highest BCUT2D eigenvalue weighted by molar-refractivity contribution is 6.30. The molecule has 0 saturated heterocycles. The van der Waals surface area contributed by atoms with E-state index in [2.05, 4.69) is 10.6 Å². The topological polar surface area (TPSA) is 50.4 Å². The first-order valence-corrected chi connectivity index (χ1v) is 6.70. The zero-order valence-corrected chi connectivity index (χ0v) is 12.3. The number of nitrogens with one attached hydrogen (secondary N) is 2. The minimum absolute atomic E-state index is 0.0362. The Morgan fingerprint density at radius 1 is 1.42 bits per heavy atom. The Labute approximate surface area is 119 Å². The first kappa shape index (κ1) is 16.0. The molecule has 5 heteroatoms. The Morgan fingerprint density at radius 2 is 2.16 bits per heavy atom. The molecule has 0 bridgehead atoms. The molecule has 0 aliphatic carbocycles. The van der Waals surface area contributed by atoms with Gasteiger partial charge < -0.3 is 10.1 Å². The number of hydrogen-bond donors (Lipinski definition) is 2. The van der Waals surface area contributed by atoms with E-state index in [1.165, 1.54) is 0 Å². The molecule has 0 aliphatic rings. The predicted octanol–water partition coefficient (Wildman–Crippen LogP) is 2.14. The number of halogens is 1. The number of benzene rings is 1. The van der Waals surface area contributed by atoms with Gasteiger partial charge in [0.25, 0.3) is 0 Å². The Hall–Kier alpha value is -1.10. The molecule has 0 aromatic heterocycles. The van der Waals surface area contributed by atoms with E-state index in [0.717, 1.165) is 5.56 Å². The Kier molecular flexibility index (Phi) is 6.84. The normalized spacial score (nSPS) is 13.9. The summed E-state index contributed by atoms with van der Waals surface area (Å²) in [7, 11) is 1.61. The van der Waals surface area contributed by atoms with Crippen LogP contribution in [0.3, 0.4) is 0 Å². The molecule has 19 heavy (non-hydrogen) atoms. The molecule has 0 fully saturated rings. The van der Waals surface area contributed by atoms with Crippen molar-refractivity contribution >= 4 is 17.5 Å². The minimum Gasteiger partial charge on any atom is -0.383 e. The van der Waals surface area contributed by atoms with Crippen molar-refractivity contribution in [1.82, 2.24) is 10.6 Å². The molecule has 4 nitrogen and oxygen atoms in total. The molecule has 1 amide bonds. The second-order valence-corrected chi connectivity index (χ2v) is 4.89. The number of ether oxygens (including phenoxy) is 1. The molecule has 2 unspecified atom stereocenters. The second kappa shape index (κ2) is 8.15. The van der Waals surface area contributed by atoms with E-state index in [9.17, 15) is 4.79 Å². The lowest BCUT2D eigenvalue weighted by Crippen LogP contribution is -2.44. The van der Waals surface area contributed by atoms with Gasteiger partial charge in [-0.15, -0.1) is 0 Å². The third-order valence-electron chi connectivity index (χ3n) is 2.85. The van der Waals surface area contributed by atoms with Crippen LogP contribution in [0.2, 0.25) is 5.02 Å². The lowest BCUT2D eigenvalue weighted by atomic mass is 10.1. The molecule has 0 aliphatic heterocycles. The van der Waals surface area contributed by atoms with Crippen LogP contribution in [0.4, 0.5) is 0 Å². The highest BCUT2D eigenvalue weighted by Crippen LogP contribution is 2.17. The number of carbonyl (C=O) groups is 1. The van der Waals surface area contributed by atoms with Crippen molar-refractivity contribution in [2.75, 3.05) is 20.3 Å². The summed E-state index contributed by atoms with van der Waals surface area (Å²) in [6, 6.07) is 7.40. The smallest absolute Gasteiger partial charge is 0.236 e. The molecule has 1 rings (SSSR count). The Morgan fingerprint density at radius 3 is 2.79 bits per heavy atom. The SMILES string of the molecule is COCCNC(=O)C(C)NC(C)c1cccc(Cl)c1. The number of amides is 1. The lowest BCUT2D eigenvalue weighted by Gasteiger charge is -2.20. The summed E-state index contributed by atoms with van der Waals surface area (Å²) in [5.74, 6) is -0.0362. The molecule has 0 spiro atoms. The van der Waals surface area contributed by atoms with Gasteiger partial charge in [0, 0.05) is 24.7 Å². The van der Waals surface area contributed by atoms with Crippen molar-refractivity contribution < 1.29 is 9.53 Å². The predicted molar refractivity (Wildman–Crippen MR) is 77.4 cm³/mol. The van der Waals surface area contributed by atoms with Crippen LogP contribution in [-0.4, -0.2) is 32.2 Å². The third kappa shape index (κ3) is 5.59. The van der Waals surface area contributed by atoms with Gasteiger partial charge in [0.15, 0.2) is 0 Å². The fourth-order valence-electron chi connectivity index (χ4n) is 1.75. The van der Waals surface area contributed by atoms with Crippen molar-refractivity contribution in [2.24, 2.45) is 0 Å². The van der Waals surface area contributed by atoms with Crippen LogP contribution in [0.5, 0.6) is 0 Å². The molecule has 2 N–H and O–H groups in total. The maximum Gasteiger partial charge on any atom is 0.236 e. The molecular weight excluding hydrogens is 264 g/mol. The van der Waals surface area contributed by atoms with Crippen molar-refractivity contribution in [3.63, 3.8) is 0 Å². The maximum atomic E-state index is 11.8. The van der Waals surface area contributed by atoms with Gasteiger partial charge in [-0.2, -0.15) is 0 Å². The standard InChI is InChI=1S/C14H21ClN2O2/c1-10(12-5-4-6-13(15)9-12)17-11(2)14(18)16-7-8-19-3/h4-6,9-11,17H,7-8H2,1-3H3,(H,16,18). The van der Waals surface area contributed by atoms with E-state index >= 15 is 0 Å². The van der Waals surface area contributed by atoms with Crippen LogP contribution in [0.1, 0.15) is 25.5 Å². The summed E-state index contributed by atoms with van der Waals surface area (Å²) in [5.41, 5.74) is 1.06. The quantitative estimate of drug-likeness (QED) is 0.754. The zero-order chi connectivity index (χ0) is 14.3. The molecule has 1 aromatic rings. The van der Waals surface area contributed by atoms with Crippen molar-refractivity contribution in [3.8, 4) is 0 Å². The van der Waals surface area contributed by atoms with Crippen molar-refractivity contribution in [2.45, 2.75) is 25.9 Å². The zero-order valence-electron chi connectivity index (χ0n) is 11.6. The van der Waals surface area contributed by atoms with Crippen molar-refractivity contribution in [3.05, 3.63) is 34.9 Å². The molecule has 0 saturated carbocycles. The monoisotopic (exact) mass is 284 g/mol. The molecular formula is C14H21ClN2O2. The van der Waals surface area contributed by atoms with E-state index in [1.807, 2.05) is 38.1 Å². The molecule has 106 valence electrons. The summed E-state index contributed by atoms with van der Waals surface area (Å²) in [5, 5.41) is 6.74. The van der Waals surface area contributed by atoms with Crippen LogP contribution in [0.25, 0.3) is 0 Å². The highest BCUT2D eigenvalue weighted by atomic mass is 35.5. The molecule has 0 heterocycles. The first-order chi connectivity index (χ1) is 9.04. The van der Waals surface area contributed by atoms with Gasteiger partial charge in [0.1, 0.15) is 0 Å². The highest BCUT2D eigenvalue weighted by Gasteiger charge is 2.15. The summed E-state index contributed by atoms with van der Waals surface area (Å²) < 4.78 is 4.89. The fourth-order valence-corrected chi connectivity index (χ4v) is 1.95. The maximum absolute atomic E-state index is 11.8. The van der Waals surface area contributed by atoms with Crippen molar-refractivity contribution in [1.29, 1.82) is 0 Å². The Bertz CT molecular complexity index is 412. The first-order valence-electron chi connectivity index (χ1n) is 6.32.